The zero-order valence-corrected chi connectivity index (χ0v) is 16.5. The lowest BCUT2D eigenvalue weighted by Crippen LogP contribution is -2.29. The second-order valence-corrected chi connectivity index (χ2v) is 7.21. The molecule has 0 spiro atoms. The molecule has 0 unspecified atom stereocenters. The minimum atomic E-state index is -0.516. The SMILES string of the molecule is COc1cc([C@@H]2c3c(-c4ccc(F)cc4)n[nH]c3C(=O)N2c2ccccc2)ccc1O. The van der Waals surface area contributed by atoms with Gasteiger partial charge in [0.15, 0.2) is 11.5 Å². The van der Waals surface area contributed by atoms with E-state index in [4.69, 9.17) is 4.74 Å². The van der Waals surface area contributed by atoms with Crippen molar-refractivity contribution in [2.75, 3.05) is 12.0 Å². The first-order valence-corrected chi connectivity index (χ1v) is 9.68. The number of carbonyl (C=O) groups excluding carboxylic acids is 1. The van der Waals surface area contributed by atoms with Crippen molar-refractivity contribution in [3.63, 3.8) is 0 Å². The molecule has 1 aliphatic heterocycles. The fourth-order valence-corrected chi connectivity index (χ4v) is 4.01. The van der Waals surface area contributed by atoms with Crippen LogP contribution in [0.1, 0.15) is 27.7 Å². The maximum absolute atomic E-state index is 13.5. The lowest BCUT2D eigenvalue weighted by molar-refractivity contribution is 0.0988. The van der Waals surface area contributed by atoms with Gasteiger partial charge in [-0.1, -0.05) is 24.3 Å². The minimum absolute atomic E-state index is 0.00742. The second-order valence-electron chi connectivity index (χ2n) is 7.21. The van der Waals surface area contributed by atoms with Crippen molar-refractivity contribution in [1.82, 2.24) is 10.2 Å². The van der Waals surface area contributed by atoms with Crippen molar-refractivity contribution >= 4 is 11.6 Å². The Balaban J connectivity index is 1.73. The average molecular weight is 415 g/mol. The van der Waals surface area contributed by atoms with Gasteiger partial charge >= 0.3 is 0 Å². The van der Waals surface area contributed by atoms with E-state index >= 15 is 0 Å². The molecule has 0 aliphatic carbocycles. The van der Waals surface area contributed by atoms with E-state index in [0.717, 1.165) is 11.3 Å². The molecule has 0 saturated carbocycles. The van der Waals surface area contributed by atoms with E-state index in [9.17, 15) is 14.3 Å². The summed E-state index contributed by atoms with van der Waals surface area (Å²) in [6.45, 7) is 0. The number of aromatic amines is 1. The highest BCUT2D eigenvalue weighted by atomic mass is 19.1. The Bertz CT molecular complexity index is 1270. The molecule has 4 aromatic rings. The highest BCUT2D eigenvalue weighted by Gasteiger charge is 2.43. The molecule has 6 nitrogen and oxygen atoms in total. The average Bonchev–Trinajstić information content (AvgIpc) is 3.34. The van der Waals surface area contributed by atoms with E-state index in [-0.39, 0.29) is 17.5 Å². The van der Waals surface area contributed by atoms with Gasteiger partial charge in [0.1, 0.15) is 11.5 Å². The predicted molar refractivity (Wildman–Crippen MR) is 114 cm³/mol. The zero-order chi connectivity index (χ0) is 21.5. The molecule has 0 saturated heterocycles. The van der Waals surface area contributed by atoms with Crippen LogP contribution in [0.15, 0.2) is 72.8 Å². The molecule has 7 heteroatoms. The summed E-state index contributed by atoms with van der Waals surface area (Å²) in [6, 6.07) is 19.8. The number of nitrogens with one attached hydrogen (secondary N) is 1. The number of ether oxygens (including phenoxy) is 1. The van der Waals surface area contributed by atoms with Crippen molar-refractivity contribution in [2.24, 2.45) is 0 Å². The van der Waals surface area contributed by atoms with Gasteiger partial charge in [0, 0.05) is 16.8 Å². The number of rotatable bonds is 4. The van der Waals surface area contributed by atoms with Gasteiger partial charge in [0.2, 0.25) is 0 Å². The molecule has 0 bridgehead atoms. The number of nitrogens with zero attached hydrogens (tertiary/aromatic N) is 2. The number of methoxy groups -OCH3 is 1. The van der Waals surface area contributed by atoms with Gasteiger partial charge in [-0.25, -0.2) is 4.39 Å². The normalized spacial score (nSPS) is 15.2. The van der Waals surface area contributed by atoms with Gasteiger partial charge in [-0.05, 0) is 54.1 Å². The van der Waals surface area contributed by atoms with Crippen molar-refractivity contribution in [2.45, 2.75) is 6.04 Å². The molecule has 1 aliphatic rings. The van der Waals surface area contributed by atoms with Crippen LogP contribution in [0.4, 0.5) is 10.1 Å². The Morgan fingerprint density at radius 1 is 1.06 bits per heavy atom. The molecule has 1 atom stereocenters. The van der Waals surface area contributed by atoms with E-state index in [1.807, 2.05) is 30.3 Å². The Labute approximate surface area is 177 Å². The van der Waals surface area contributed by atoms with Gasteiger partial charge in [-0.3, -0.25) is 14.8 Å². The number of hydrogen-bond acceptors (Lipinski definition) is 4. The summed E-state index contributed by atoms with van der Waals surface area (Å²) in [5.41, 5.74) is 3.79. The number of fused-ring (bicyclic) bond motifs is 1. The third kappa shape index (κ3) is 3.02. The number of aromatic hydroxyl groups is 1. The molecule has 31 heavy (non-hydrogen) atoms. The largest absolute Gasteiger partial charge is 0.504 e. The Kier molecular flexibility index (Phi) is 4.43. The van der Waals surface area contributed by atoms with Crippen LogP contribution in [0.2, 0.25) is 0 Å². The van der Waals surface area contributed by atoms with E-state index in [2.05, 4.69) is 10.2 Å². The van der Waals surface area contributed by atoms with Crippen LogP contribution in [0.25, 0.3) is 11.3 Å². The summed E-state index contributed by atoms with van der Waals surface area (Å²) >= 11 is 0. The number of amides is 1. The van der Waals surface area contributed by atoms with Crippen LogP contribution in [-0.4, -0.2) is 28.3 Å². The smallest absolute Gasteiger partial charge is 0.277 e. The van der Waals surface area contributed by atoms with Crippen molar-refractivity contribution in [3.05, 3.63) is 95.4 Å². The number of benzene rings is 3. The summed E-state index contributed by atoms with van der Waals surface area (Å²) in [4.78, 5) is 15.1. The molecule has 1 amide bonds. The highest BCUT2D eigenvalue weighted by Crippen LogP contribution is 2.46. The number of phenols is 1. The molecular formula is C24H18FN3O3. The third-order valence-electron chi connectivity index (χ3n) is 5.44. The molecule has 3 aromatic carbocycles. The van der Waals surface area contributed by atoms with E-state index in [1.54, 1.807) is 29.2 Å². The number of halogens is 1. The lowest BCUT2D eigenvalue weighted by Gasteiger charge is -2.27. The molecule has 2 heterocycles. The monoisotopic (exact) mass is 415 g/mol. The molecule has 1 aromatic heterocycles. The fraction of sp³-hybridized carbons (Fsp3) is 0.0833. The number of H-pyrrole nitrogens is 1. The molecule has 0 fully saturated rings. The van der Waals surface area contributed by atoms with Gasteiger partial charge in [-0.15, -0.1) is 0 Å². The Hall–Kier alpha value is -4.13. The van der Waals surface area contributed by atoms with Crippen LogP contribution in [0.3, 0.4) is 0 Å². The summed E-state index contributed by atoms with van der Waals surface area (Å²) in [5.74, 6) is -0.261. The van der Waals surface area contributed by atoms with Gasteiger partial charge in [0.25, 0.3) is 5.91 Å². The topological polar surface area (TPSA) is 78.5 Å². The predicted octanol–water partition coefficient (Wildman–Crippen LogP) is 4.68. The van der Waals surface area contributed by atoms with Crippen LogP contribution >= 0.6 is 0 Å². The second kappa shape index (κ2) is 7.28. The standard InChI is InChI=1S/C24H18FN3O3/c1-31-19-13-15(9-12-18(19)29)23-20-21(14-7-10-16(25)11-8-14)26-27-22(20)24(30)28(23)17-5-3-2-4-6-17/h2-13,23,29H,1H3,(H,26,27)/t23-/m1/s1. The van der Waals surface area contributed by atoms with Gasteiger partial charge in [-0.2, -0.15) is 5.10 Å². The molecule has 154 valence electrons. The number of para-hydroxylation sites is 1. The highest BCUT2D eigenvalue weighted by molar-refractivity contribution is 6.11. The van der Waals surface area contributed by atoms with Gasteiger partial charge in [0.05, 0.1) is 18.8 Å². The van der Waals surface area contributed by atoms with E-state index in [0.29, 0.717) is 28.3 Å². The number of aromatic nitrogens is 2. The quantitative estimate of drug-likeness (QED) is 0.507. The number of phenolic OH excluding ortho intramolecular Hbond substituents is 1. The Morgan fingerprint density at radius 3 is 2.52 bits per heavy atom. The van der Waals surface area contributed by atoms with Crippen molar-refractivity contribution in [3.8, 4) is 22.8 Å². The number of carbonyl (C=O) groups is 1. The zero-order valence-electron chi connectivity index (χ0n) is 16.5. The third-order valence-corrected chi connectivity index (χ3v) is 5.44. The van der Waals surface area contributed by atoms with Crippen LogP contribution in [0, 0.1) is 5.82 Å². The summed E-state index contributed by atoms with van der Waals surface area (Å²) in [7, 11) is 1.47. The first-order valence-electron chi connectivity index (χ1n) is 9.68. The van der Waals surface area contributed by atoms with E-state index < -0.39 is 6.04 Å². The first kappa shape index (κ1) is 18.9. The minimum Gasteiger partial charge on any atom is -0.504 e. The molecular weight excluding hydrogens is 397 g/mol. The lowest BCUT2D eigenvalue weighted by atomic mass is 9.95. The van der Waals surface area contributed by atoms with Crippen LogP contribution < -0.4 is 9.64 Å². The summed E-state index contributed by atoms with van der Waals surface area (Å²) in [5, 5.41) is 17.3. The first-order chi connectivity index (χ1) is 15.1. The molecule has 2 N–H and O–H groups in total. The van der Waals surface area contributed by atoms with E-state index in [1.165, 1.54) is 25.3 Å². The molecule has 5 rings (SSSR count). The van der Waals surface area contributed by atoms with Crippen molar-refractivity contribution in [1.29, 1.82) is 0 Å². The van der Waals surface area contributed by atoms with Gasteiger partial charge < -0.3 is 9.84 Å². The van der Waals surface area contributed by atoms with Crippen LogP contribution in [0.5, 0.6) is 11.5 Å². The summed E-state index contributed by atoms with van der Waals surface area (Å²) < 4.78 is 18.8. The maximum atomic E-state index is 13.5. The molecule has 0 radical (unpaired) electrons. The Morgan fingerprint density at radius 2 is 1.81 bits per heavy atom. The summed E-state index contributed by atoms with van der Waals surface area (Å²) in [6.07, 6.45) is 0. The number of hydrogen-bond donors (Lipinski definition) is 2. The van der Waals surface area contributed by atoms with Crippen LogP contribution in [-0.2, 0) is 0 Å². The number of anilines is 1. The van der Waals surface area contributed by atoms with Crippen molar-refractivity contribution < 1.29 is 19.0 Å². The maximum Gasteiger partial charge on any atom is 0.277 e. The fourth-order valence-electron chi connectivity index (χ4n) is 4.01.